The maximum atomic E-state index is 14.9. The second kappa shape index (κ2) is 8.53. The largest absolute Gasteiger partial charge is 0.367 e. The van der Waals surface area contributed by atoms with Crippen LogP contribution in [-0.4, -0.2) is 43.9 Å². The third-order valence-electron chi connectivity index (χ3n) is 6.75. The van der Waals surface area contributed by atoms with E-state index in [4.69, 9.17) is 31.3 Å². The molecule has 6 rings (SSSR count). The molecular formula is C26H26ClFN6O. The molecule has 0 amide bonds. The molecule has 1 aliphatic heterocycles. The van der Waals surface area contributed by atoms with E-state index in [9.17, 15) is 4.39 Å². The van der Waals surface area contributed by atoms with Crippen LogP contribution in [0, 0.1) is 19.7 Å². The van der Waals surface area contributed by atoms with Gasteiger partial charge in [0, 0.05) is 35.4 Å². The molecule has 0 spiro atoms. The number of nitrogens with zero attached hydrogens (tertiary/aromatic N) is 6. The normalized spacial score (nSPS) is 20.5. The van der Waals surface area contributed by atoms with Crippen LogP contribution < -0.4 is 4.90 Å². The first-order valence-electron chi connectivity index (χ1n) is 11.9. The van der Waals surface area contributed by atoms with Gasteiger partial charge in [0.1, 0.15) is 17.4 Å². The fourth-order valence-corrected chi connectivity index (χ4v) is 4.81. The Morgan fingerprint density at radius 1 is 1.06 bits per heavy atom. The van der Waals surface area contributed by atoms with E-state index in [1.165, 1.54) is 18.9 Å². The second-order valence-electron chi connectivity index (χ2n) is 9.54. The number of halogens is 2. The van der Waals surface area contributed by atoms with E-state index in [1.807, 2.05) is 30.8 Å². The lowest BCUT2D eigenvalue weighted by molar-refractivity contribution is -0.0173. The summed E-state index contributed by atoms with van der Waals surface area (Å²) in [7, 11) is 0. The van der Waals surface area contributed by atoms with E-state index < -0.39 is 5.82 Å². The SMILES string of the molecule is Cc1nc2nc(-c3ccc(Cl)cc3F)cc(N3CC(C)OC(c4cnn(C5CC5)c4)C3)c2nc1C. The molecule has 4 heterocycles. The smallest absolute Gasteiger partial charge is 0.181 e. The number of aryl methyl sites for hydroxylation is 2. The molecule has 0 N–H and O–H groups in total. The summed E-state index contributed by atoms with van der Waals surface area (Å²) < 4.78 is 23.2. The number of hydrogen-bond acceptors (Lipinski definition) is 6. The van der Waals surface area contributed by atoms with Gasteiger partial charge in [-0.25, -0.2) is 19.3 Å². The van der Waals surface area contributed by atoms with Crippen LogP contribution in [0.1, 0.15) is 48.9 Å². The molecule has 0 bridgehead atoms. The Balaban J connectivity index is 1.45. The maximum absolute atomic E-state index is 14.9. The molecule has 2 fully saturated rings. The highest BCUT2D eigenvalue weighted by atomic mass is 35.5. The fourth-order valence-electron chi connectivity index (χ4n) is 4.65. The number of anilines is 1. The number of ether oxygens (including phenoxy) is 1. The number of hydrogen-bond donors (Lipinski definition) is 0. The van der Waals surface area contributed by atoms with E-state index in [0.717, 1.165) is 22.6 Å². The number of pyridine rings is 1. The first-order valence-corrected chi connectivity index (χ1v) is 12.3. The Morgan fingerprint density at radius 2 is 1.86 bits per heavy atom. The highest BCUT2D eigenvalue weighted by Crippen LogP contribution is 2.37. The summed E-state index contributed by atoms with van der Waals surface area (Å²) in [5, 5.41) is 4.89. The number of benzene rings is 1. The number of rotatable bonds is 4. The minimum absolute atomic E-state index is 0.0172. The van der Waals surface area contributed by atoms with Crippen molar-refractivity contribution in [3.8, 4) is 11.3 Å². The van der Waals surface area contributed by atoms with Gasteiger partial charge < -0.3 is 9.64 Å². The molecule has 4 aromatic rings. The van der Waals surface area contributed by atoms with E-state index >= 15 is 0 Å². The van der Waals surface area contributed by atoms with E-state index in [1.54, 1.807) is 12.1 Å². The average Bonchev–Trinajstić information content (AvgIpc) is 3.55. The van der Waals surface area contributed by atoms with Gasteiger partial charge >= 0.3 is 0 Å². The van der Waals surface area contributed by atoms with Crippen LogP contribution >= 0.6 is 11.6 Å². The third kappa shape index (κ3) is 4.25. The molecule has 2 unspecified atom stereocenters. The zero-order valence-corrected chi connectivity index (χ0v) is 20.6. The molecule has 1 aliphatic carbocycles. The van der Waals surface area contributed by atoms with Gasteiger partial charge in [-0.2, -0.15) is 5.10 Å². The molecule has 1 saturated heterocycles. The summed E-state index contributed by atoms with van der Waals surface area (Å²) in [6.45, 7) is 7.20. The van der Waals surface area contributed by atoms with Gasteiger partial charge in [0.2, 0.25) is 0 Å². The van der Waals surface area contributed by atoms with E-state index in [-0.39, 0.29) is 12.2 Å². The lowest BCUT2D eigenvalue weighted by atomic mass is 10.1. The molecule has 2 atom stereocenters. The summed E-state index contributed by atoms with van der Waals surface area (Å²) in [6.07, 6.45) is 6.22. The Morgan fingerprint density at radius 3 is 2.63 bits per heavy atom. The monoisotopic (exact) mass is 492 g/mol. The molecule has 7 nitrogen and oxygen atoms in total. The van der Waals surface area contributed by atoms with Crippen LogP contribution in [-0.2, 0) is 4.74 Å². The number of fused-ring (bicyclic) bond motifs is 1. The van der Waals surface area contributed by atoms with Crippen molar-refractivity contribution in [2.24, 2.45) is 0 Å². The fraction of sp³-hybridized carbons (Fsp3) is 0.385. The quantitative estimate of drug-likeness (QED) is 0.369. The van der Waals surface area contributed by atoms with Crippen LogP contribution in [0.2, 0.25) is 5.02 Å². The first kappa shape index (κ1) is 22.4. The van der Waals surface area contributed by atoms with Crippen molar-refractivity contribution >= 4 is 28.5 Å². The lowest BCUT2D eigenvalue weighted by Crippen LogP contribution is -2.43. The molecule has 180 valence electrons. The highest BCUT2D eigenvalue weighted by molar-refractivity contribution is 6.30. The lowest BCUT2D eigenvalue weighted by Gasteiger charge is -2.38. The van der Waals surface area contributed by atoms with Gasteiger partial charge in [0.05, 0.1) is 41.1 Å². The Labute approximate surface area is 207 Å². The van der Waals surface area contributed by atoms with Crippen molar-refractivity contribution < 1.29 is 9.13 Å². The summed E-state index contributed by atoms with van der Waals surface area (Å²) in [4.78, 5) is 16.5. The molecule has 9 heteroatoms. The van der Waals surface area contributed by atoms with Gasteiger partial charge in [-0.05, 0) is 57.9 Å². The van der Waals surface area contributed by atoms with E-state index in [2.05, 4.69) is 23.1 Å². The first-order chi connectivity index (χ1) is 16.9. The van der Waals surface area contributed by atoms with Gasteiger partial charge in [-0.1, -0.05) is 11.6 Å². The highest BCUT2D eigenvalue weighted by Gasteiger charge is 2.31. The summed E-state index contributed by atoms with van der Waals surface area (Å²) in [5.74, 6) is -0.423. The molecule has 0 radical (unpaired) electrons. The van der Waals surface area contributed by atoms with Crippen molar-refractivity contribution in [1.29, 1.82) is 0 Å². The summed E-state index contributed by atoms with van der Waals surface area (Å²) >= 11 is 5.99. The zero-order valence-electron chi connectivity index (χ0n) is 19.9. The molecular weight excluding hydrogens is 467 g/mol. The topological polar surface area (TPSA) is 69.0 Å². The molecule has 35 heavy (non-hydrogen) atoms. The van der Waals surface area contributed by atoms with Crippen molar-refractivity contribution in [2.45, 2.75) is 51.9 Å². The molecule has 1 saturated carbocycles. The summed E-state index contributed by atoms with van der Waals surface area (Å²) in [6, 6.07) is 7.05. The summed E-state index contributed by atoms with van der Waals surface area (Å²) in [5.41, 5.74) is 5.64. The number of morpholine rings is 1. The predicted molar refractivity (Wildman–Crippen MR) is 133 cm³/mol. The van der Waals surface area contributed by atoms with Gasteiger partial charge in [-0.15, -0.1) is 0 Å². The second-order valence-corrected chi connectivity index (χ2v) is 9.98. The van der Waals surface area contributed by atoms with Crippen LogP contribution in [0.25, 0.3) is 22.4 Å². The van der Waals surface area contributed by atoms with Crippen LogP contribution in [0.3, 0.4) is 0 Å². The van der Waals surface area contributed by atoms with Gasteiger partial charge in [0.25, 0.3) is 0 Å². The molecule has 2 aliphatic rings. The third-order valence-corrected chi connectivity index (χ3v) is 6.99. The molecule has 3 aromatic heterocycles. The Hall–Kier alpha value is -3.10. The Kier molecular flexibility index (Phi) is 5.45. The zero-order chi connectivity index (χ0) is 24.3. The minimum Gasteiger partial charge on any atom is -0.367 e. The van der Waals surface area contributed by atoms with Gasteiger partial charge in [0.15, 0.2) is 5.65 Å². The van der Waals surface area contributed by atoms with Crippen LogP contribution in [0.4, 0.5) is 10.1 Å². The van der Waals surface area contributed by atoms with Gasteiger partial charge in [-0.3, -0.25) is 4.68 Å². The predicted octanol–water partition coefficient (Wildman–Crippen LogP) is 5.60. The number of aromatic nitrogens is 5. The Bertz CT molecular complexity index is 1440. The van der Waals surface area contributed by atoms with Crippen LogP contribution in [0.5, 0.6) is 0 Å². The van der Waals surface area contributed by atoms with E-state index in [0.29, 0.717) is 46.6 Å². The minimum atomic E-state index is -0.423. The van der Waals surface area contributed by atoms with Crippen molar-refractivity contribution in [1.82, 2.24) is 24.7 Å². The van der Waals surface area contributed by atoms with Crippen molar-refractivity contribution in [3.63, 3.8) is 0 Å². The van der Waals surface area contributed by atoms with Crippen molar-refractivity contribution in [3.05, 3.63) is 64.5 Å². The van der Waals surface area contributed by atoms with Crippen LogP contribution in [0.15, 0.2) is 36.7 Å². The van der Waals surface area contributed by atoms with Crippen molar-refractivity contribution in [2.75, 3.05) is 18.0 Å². The maximum Gasteiger partial charge on any atom is 0.181 e. The standard InChI is InChI=1S/C26H26ClFN6O/c1-14-11-33(13-24(35-14)17-10-29-34(12-17)19-5-6-19)23-9-22(20-7-4-18(27)8-21(20)28)32-26-25(23)30-15(2)16(3)31-26/h4,7-10,12,14,19,24H,5-6,11,13H2,1-3H3. The molecule has 1 aromatic carbocycles. The average molecular weight is 493 g/mol.